The van der Waals surface area contributed by atoms with E-state index < -0.39 is 0 Å². The fourth-order valence-corrected chi connectivity index (χ4v) is 4.51. The van der Waals surface area contributed by atoms with Crippen molar-refractivity contribution >= 4 is 0 Å². The summed E-state index contributed by atoms with van der Waals surface area (Å²) in [4.78, 5) is 2.58. The second-order valence-corrected chi connectivity index (χ2v) is 7.81. The number of nitrogens with zero attached hydrogens (tertiary/aromatic N) is 1. The van der Waals surface area contributed by atoms with E-state index in [2.05, 4.69) is 52.7 Å². The van der Waals surface area contributed by atoms with E-state index in [1.807, 2.05) is 19.2 Å². The summed E-state index contributed by atoms with van der Waals surface area (Å²) in [5, 5.41) is 3.30. The zero-order chi connectivity index (χ0) is 18.7. The van der Waals surface area contributed by atoms with E-state index in [0.717, 1.165) is 38.9 Å². The molecule has 27 heavy (non-hydrogen) atoms. The molecular weight excluding hydrogens is 335 g/mol. The van der Waals surface area contributed by atoms with Crippen LogP contribution in [-0.2, 0) is 13.0 Å². The lowest BCUT2D eigenvalue weighted by Gasteiger charge is -2.46. The molecule has 0 amide bonds. The Morgan fingerprint density at radius 2 is 1.81 bits per heavy atom. The molecule has 1 fully saturated rings. The molecule has 140 valence electrons. The van der Waals surface area contributed by atoms with E-state index in [9.17, 15) is 4.39 Å². The number of likely N-dealkylation sites (N-methyl/N-ethyl adjacent to an activating group) is 1. The van der Waals surface area contributed by atoms with Crippen LogP contribution in [0.25, 0.3) is 0 Å². The molecule has 1 heterocycles. The molecule has 1 atom stereocenters. The normalized spacial score (nSPS) is 22.6. The third-order valence-corrected chi connectivity index (χ3v) is 5.94. The number of hydrogen-bond donors (Lipinski definition) is 1. The lowest BCUT2D eigenvalue weighted by atomic mass is 9.67. The largest absolute Gasteiger partial charge is 0.388 e. The minimum Gasteiger partial charge on any atom is -0.388 e. The maximum atomic E-state index is 13.4. The summed E-state index contributed by atoms with van der Waals surface area (Å²) in [6, 6.07) is 17.7. The number of nitrogens with one attached hydrogen (secondary N) is 1. The van der Waals surface area contributed by atoms with Gasteiger partial charge < -0.3 is 5.32 Å². The first-order valence-corrected chi connectivity index (χ1v) is 9.77. The minimum absolute atomic E-state index is 0.102. The second kappa shape index (κ2) is 7.69. The van der Waals surface area contributed by atoms with Crippen LogP contribution < -0.4 is 5.32 Å². The summed E-state index contributed by atoms with van der Waals surface area (Å²) in [7, 11) is 1.99. The smallest absolute Gasteiger partial charge is 0.123 e. The van der Waals surface area contributed by atoms with Crippen molar-refractivity contribution in [1.82, 2.24) is 10.2 Å². The molecule has 0 bridgehead atoms. The third kappa shape index (κ3) is 3.98. The van der Waals surface area contributed by atoms with Gasteiger partial charge in [-0.25, -0.2) is 4.39 Å². The lowest BCUT2D eigenvalue weighted by Crippen LogP contribution is -2.46. The van der Waals surface area contributed by atoms with E-state index in [1.165, 1.54) is 22.4 Å². The molecule has 4 rings (SSSR count). The zero-order valence-electron chi connectivity index (χ0n) is 15.9. The molecule has 1 saturated heterocycles. The van der Waals surface area contributed by atoms with Crippen molar-refractivity contribution in [3.63, 3.8) is 0 Å². The average molecular weight is 362 g/mol. The Bertz CT molecular complexity index is 838. The fourth-order valence-electron chi connectivity index (χ4n) is 4.51. The molecule has 0 spiro atoms. The molecule has 0 saturated carbocycles. The van der Waals surface area contributed by atoms with Crippen molar-refractivity contribution in [3.05, 3.63) is 95.0 Å². The van der Waals surface area contributed by atoms with Crippen LogP contribution in [0.3, 0.4) is 0 Å². The molecule has 1 N–H and O–H groups in total. The predicted molar refractivity (Wildman–Crippen MR) is 109 cm³/mol. The van der Waals surface area contributed by atoms with Crippen LogP contribution in [0.1, 0.15) is 24.0 Å². The molecule has 2 aliphatic rings. The van der Waals surface area contributed by atoms with Gasteiger partial charge in [0.2, 0.25) is 0 Å². The molecule has 1 aliphatic carbocycles. The molecule has 3 heteroatoms. The highest BCUT2D eigenvalue weighted by Crippen LogP contribution is 2.44. The van der Waals surface area contributed by atoms with Gasteiger partial charge in [0, 0.05) is 37.8 Å². The van der Waals surface area contributed by atoms with Gasteiger partial charge in [-0.2, -0.15) is 0 Å². The molecule has 0 radical (unpaired) electrons. The van der Waals surface area contributed by atoms with Gasteiger partial charge in [-0.1, -0.05) is 54.1 Å². The van der Waals surface area contributed by atoms with E-state index in [0.29, 0.717) is 0 Å². The number of fused-ring (bicyclic) bond motifs is 1. The number of rotatable bonds is 5. The first-order chi connectivity index (χ1) is 13.2. The van der Waals surface area contributed by atoms with Crippen LogP contribution in [0.4, 0.5) is 4.39 Å². The molecular formula is C24H27FN2. The quantitative estimate of drug-likeness (QED) is 0.830. The van der Waals surface area contributed by atoms with Crippen LogP contribution in [0.15, 0.2) is 78.0 Å². The number of benzene rings is 2. The van der Waals surface area contributed by atoms with E-state index in [-0.39, 0.29) is 11.2 Å². The van der Waals surface area contributed by atoms with Crippen LogP contribution in [0.2, 0.25) is 0 Å². The van der Waals surface area contributed by atoms with E-state index in [4.69, 9.17) is 0 Å². The SMILES string of the molecule is CNC1=CCC2(Cc3ccc(F)cc3)CN(Cc3ccccc3)CCC2=C1. The van der Waals surface area contributed by atoms with Crippen molar-refractivity contribution in [2.45, 2.75) is 25.8 Å². The highest BCUT2D eigenvalue weighted by molar-refractivity contribution is 5.36. The number of hydrogen-bond acceptors (Lipinski definition) is 2. The zero-order valence-corrected chi connectivity index (χ0v) is 15.9. The van der Waals surface area contributed by atoms with Crippen LogP contribution in [0.5, 0.6) is 0 Å². The number of halogens is 1. The van der Waals surface area contributed by atoms with Gasteiger partial charge >= 0.3 is 0 Å². The average Bonchev–Trinajstić information content (AvgIpc) is 2.70. The van der Waals surface area contributed by atoms with Crippen molar-refractivity contribution in [1.29, 1.82) is 0 Å². The Morgan fingerprint density at radius 1 is 1.04 bits per heavy atom. The Hall–Kier alpha value is -2.39. The van der Waals surface area contributed by atoms with E-state index >= 15 is 0 Å². The first-order valence-electron chi connectivity index (χ1n) is 9.77. The lowest BCUT2D eigenvalue weighted by molar-refractivity contribution is 0.132. The first kappa shape index (κ1) is 18.0. The molecule has 1 unspecified atom stereocenters. The number of piperidine rings is 1. The van der Waals surface area contributed by atoms with E-state index in [1.54, 1.807) is 12.1 Å². The maximum Gasteiger partial charge on any atom is 0.123 e. The molecule has 2 aromatic carbocycles. The van der Waals surface area contributed by atoms with Gasteiger partial charge in [-0.05, 0) is 48.6 Å². The Balaban J connectivity index is 1.59. The van der Waals surface area contributed by atoms with Crippen LogP contribution in [0, 0.1) is 11.2 Å². The highest BCUT2D eigenvalue weighted by atomic mass is 19.1. The number of likely N-dealkylation sites (tertiary alicyclic amines) is 1. The van der Waals surface area contributed by atoms with Crippen LogP contribution >= 0.6 is 0 Å². The predicted octanol–water partition coefficient (Wildman–Crippen LogP) is 4.69. The summed E-state index contributed by atoms with van der Waals surface area (Å²) in [6.45, 7) is 3.11. The summed E-state index contributed by atoms with van der Waals surface area (Å²) >= 11 is 0. The standard InChI is InChI=1S/C24H27FN2/c1-26-23-11-13-24(16-19-7-9-22(25)10-8-19)18-27(14-12-21(24)15-23)17-20-5-3-2-4-6-20/h2-11,15,26H,12-14,16-18H2,1H3. The summed E-state index contributed by atoms with van der Waals surface area (Å²) in [5.41, 5.74) is 5.43. The molecule has 2 aromatic rings. The molecule has 0 aromatic heterocycles. The monoisotopic (exact) mass is 362 g/mol. The van der Waals surface area contributed by atoms with Crippen molar-refractivity contribution in [2.24, 2.45) is 5.41 Å². The van der Waals surface area contributed by atoms with Gasteiger partial charge in [-0.3, -0.25) is 4.90 Å². The Morgan fingerprint density at radius 3 is 2.56 bits per heavy atom. The van der Waals surface area contributed by atoms with Gasteiger partial charge in [0.25, 0.3) is 0 Å². The van der Waals surface area contributed by atoms with Crippen molar-refractivity contribution < 1.29 is 4.39 Å². The summed E-state index contributed by atoms with van der Waals surface area (Å²) in [5.74, 6) is -0.164. The summed E-state index contributed by atoms with van der Waals surface area (Å²) < 4.78 is 13.4. The number of allylic oxidation sites excluding steroid dienone is 2. The fraction of sp³-hybridized carbons (Fsp3) is 0.333. The van der Waals surface area contributed by atoms with Gasteiger partial charge in [0.15, 0.2) is 0 Å². The minimum atomic E-state index is -0.164. The molecule has 1 aliphatic heterocycles. The van der Waals surface area contributed by atoms with Gasteiger partial charge in [-0.15, -0.1) is 0 Å². The maximum absolute atomic E-state index is 13.4. The second-order valence-electron chi connectivity index (χ2n) is 7.81. The third-order valence-electron chi connectivity index (χ3n) is 5.94. The van der Waals surface area contributed by atoms with Gasteiger partial charge in [0.05, 0.1) is 0 Å². The summed E-state index contributed by atoms with van der Waals surface area (Å²) in [6.07, 6.45) is 7.73. The van der Waals surface area contributed by atoms with Gasteiger partial charge in [0.1, 0.15) is 5.82 Å². The highest BCUT2D eigenvalue weighted by Gasteiger charge is 2.40. The Kier molecular flexibility index (Phi) is 5.13. The van der Waals surface area contributed by atoms with Crippen molar-refractivity contribution in [3.8, 4) is 0 Å². The Labute approximate surface area is 161 Å². The topological polar surface area (TPSA) is 15.3 Å². The van der Waals surface area contributed by atoms with Crippen molar-refractivity contribution in [2.75, 3.05) is 20.1 Å². The molecule has 2 nitrogen and oxygen atoms in total. The van der Waals surface area contributed by atoms with Crippen LogP contribution in [-0.4, -0.2) is 25.0 Å².